The Morgan fingerprint density at radius 2 is 2.23 bits per heavy atom. The van der Waals surface area contributed by atoms with E-state index in [1.54, 1.807) is 0 Å². The average molecular weight is 172 g/mol. The fourth-order valence-corrected chi connectivity index (χ4v) is 1.42. The fraction of sp³-hybridized carbons (Fsp3) is 0.111. The van der Waals surface area contributed by atoms with Gasteiger partial charge in [-0.2, -0.15) is 0 Å². The predicted octanol–water partition coefficient (Wildman–Crippen LogP) is 3.42. The van der Waals surface area contributed by atoms with Crippen molar-refractivity contribution in [2.24, 2.45) is 5.11 Å². The van der Waals surface area contributed by atoms with E-state index in [9.17, 15) is 0 Å². The molecule has 0 unspecified atom stereocenters. The van der Waals surface area contributed by atoms with Gasteiger partial charge < -0.3 is 4.98 Å². The van der Waals surface area contributed by atoms with Crippen LogP contribution in [0.4, 0.5) is 5.69 Å². The van der Waals surface area contributed by atoms with Crippen LogP contribution >= 0.6 is 0 Å². The molecule has 2 aromatic rings. The molecule has 0 spiro atoms. The van der Waals surface area contributed by atoms with Crippen molar-refractivity contribution in [2.75, 3.05) is 0 Å². The zero-order chi connectivity index (χ0) is 9.26. The fourth-order valence-electron chi connectivity index (χ4n) is 1.42. The molecule has 0 aliphatic carbocycles. The zero-order valence-corrected chi connectivity index (χ0v) is 7.15. The van der Waals surface area contributed by atoms with Crippen LogP contribution < -0.4 is 0 Å². The van der Waals surface area contributed by atoms with Gasteiger partial charge in [0, 0.05) is 16.5 Å². The average Bonchev–Trinajstić information content (AvgIpc) is 2.59. The van der Waals surface area contributed by atoms with Gasteiger partial charge >= 0.3 is 0 Å². The third-order valence-corrected chi connectivity index (χ3v) is 2.07. The van der Waals surface area contributed by atoms with Crippen LogP contribution in [0.25, 0.3) is 21.3 Å². The molecule has 0 amide bonds. The number of nitrogens with one attached hydrogen (secondary N) is 1. The summed E-state index contributed by atoms with van der Waals surface area (Å²) in [5, 5.41) is 4.70. The molecule has 64 valence electrons. The Morgan fingerprint density at radius 1 is 1.38 bits per heavy atom. The number of fused-ring (bicyclic) bond motifs is 1. The second-order valence-electron chi connectivity index (χ2n) is 2.86. The molecule has 4 heteroatoms. The van der Waals surface area contributed by atoms with Crippen molar-refractivity contribution in [3.8, 4) is 0 Å². The molecule has 0 radical (unpaired) electrons. The lowest BCUT2D eigenvalue weighted by Gasteiger charge is -1.98. The minimum atomic E-state index is 0.646. The normalized spacial score (nSPS) is 9.92. The van der Waals surface area contributed by atoms with Gasteiger partial charge in [0.1, 0.15) is 0 Å². The van der Waals surface area contributed by atoms with Crippen LogP contribution in [0.5, 0.6) is 0 Å². The van der Waals surface area contributed by atoms with E-state index in [-0.39, 0.29) is 0 Å². The van der Waals surface area contributed by atoms with E-state index < -0.39 is 0 Å². The summed E-state index contributed by atoms with van der Waals surface area (Å²) in [6.07, 6.45) is 1.84. The lowest BCUT2D eigenvalue weighted by molar-refractivity contribution is 1.42. The van der Waals surface area contributed by atoms with Gasteiger partial charge in [-0.3, -0.25) is 0 Å². The third kappa shape index (κ3) is 1.13. The van der Waals surface area contributed by atoms with Gasteiger partial charge in [-0.1, -0.05) is 17.2 Å². The summed E-state index contributed by atoms with van der Waals surface area (Å²) in [6.45, 7) is 2.02. The predicted molar refractivity (Wildman–Crippen MR) is 51.8 cm³/mol. The number of rotatable bonds is 1. The molecule has 1 heterocycles. The molecule has 0 fully saturated rings. The van der Waals surface area contributed by atoms with E-state index in [1.165, 1.54) is 5.56 Å². The van der Waals surface area contributed by atoms with Crippen LogP contribution in [0.2, 0.25) is 0 Å². The van der Waals surface area contributed by atoms with Crippen molar-refractivity contribution in [2.45, 2.75) is 6.92 Å². The number of aromatic amines is 1. The van der Waals surface area contributed by atoms with Crippen molar-refractivity contribution in [1.82, 2.24) is 4.98 Å². The van der Waals surface area contributed by atoms with Crippen molar-refractivity contribution in [3.63, 3.8) is 0 Å². The lowest BCUT2D eigenvalue weighted by Crippen LogP contribution is -1.74. The largest absolute Gasteiger partial charge is 0.361 e. The van der Waals surface area contributed by atoms with E-state index in [1.807, 2.05) is 31.3 Å². The van der Waals surface area contributed by atoms with Crippen molar-refractivity contribution < 1.29 is 0 Å². The Hall–Kier alpha value is -1.93. The molecule has 0 bridgehead atoms. The number of azide groups is 1. The number of hydrogen-bond acceptors (Lipinski definition) is 1. The zero-order valence-electron chi connectivity index (χ0n) is 7.15. The Bertz CT molecular complexity index is 491. The van der Waals surface area contributed by atoms with E-state index in [4.69, 9.17) is 5.53 Å². The van der Waals surface area contributed by atoms with E-state index in [0.717, 1.165) is 10.9 Å². The second kappa shape index (κ2) is 2.84. The molecule has 0 aliphatic heterocycles. The summed E-state index contributed by atoms with van der Waals surface area (Å²) in [5.41, 5.74) is 11.1. The molecular weight excluding hydrogens is 164 g/mol. The highest BCUT2D eigenvalue weighted by atomic mass is 15.1. The molecule has 0 aliphatic rings. The molecule has 1 aromatic heterocycles. The summed E-state index contributed by atoms with van der Waals surface area (Å²) in [5.74, 6) is 0. The molecule has 1 aromatic carbocycles. The minimum absolute atomic E-state index is 0.646. The first-order valence-corrected chi connectivity index (χ1v) is 3.94. The Morgan fingerprint density at radius 3 is 3.00 bits per heavy atom. The van der Waals surface area contributed by atoms with Gasteiger partial charge in [0.15, 0.2) is 0 Å². The maximum Gasteiger partial charge on any atom is 0.0616 e. The molecule has 0 atom stereocenters. The SMILES string of the molecule is Cc1ccc(N=[N+]=[N-])c2[nH]ccc12. The number of aryl methyl sites for hydroxylation is 1. The van der Waals surface area contributed by atoms with Crippen LogP contribution in [0.15, 0.2) is 29.5 Å². The summed E-state index contributed by atoms with van der Waals surface area (Å²) in [4.78, 5) is 5.82. The number of aromatic nitrogens is 1. The van der Waals surface area contributed by atoms with Gasteiger partial charge in [0.2, 0.25) is 0 Å². The highest BCUT2D eigenvalue weighted by Crippen LogP contribution is 2.27. The molecule has 0 saturated carbocycles. The monoisotopic (exact) mass is 172 g/mol. The van der Waals surface area contributed by atoms with E-state index in [0.29, 0.717) is 5.69 Å². The quantitative estimate of drug-likeness (QED) is 0.389. The number of hydrogen-bond donors (Lipinski definition) is 1. The molecule has 13 heavy (non-hydrogen) atoms. The van der Waals surface area contributed by atoms with E-state index >= 15 is 0 Å². The first-order valence-electron chi connectivity index (χ1n) is 3.94. The summed E-state index contributed by atoms with van der Waals surface area (Å²) in [6, 6.07) is 5.73. The van der Waals surface area contributed by atoms with Crippen LogP contribution in [-0.4, -0.2) is 4.98 Å². The molecule has 0 saturated heterocycles. The molecule has 4 nitrogen and oxygen atoms in total. The maximum atomic E-state index is 8.33. The minimum Gasteiger partial charge on any atom is -0.361 e. The number of nitrogens with zero attached hydrogens (tertiary/aromatic N) is 3. The smallest absolute Gasteiger partial charge is 0.0616 e. The Labute approximate surface area is 74.8 Å². The maximum absolute atomic E-state index is 8.33. The van der Waals surface area contributed by atoms with Gasteiger partial charge in [0.05, 0.1) is 11.2 Å². The van der Waals surface area contributed by atoms with Gasteiger partial charge in [-0.15, -0.1) is 0 Å². The first-order chi connectivity index (χ1) is 6.33. The Kier molecular flexibility index (Phi) is 1.69. The highest BCUT2D eigenvalue weighted by Gasteiger charge is 2.01. The number of H-pyrrole nitrogens is 1. The first kappa shape index (κ1) is 7.71. The summed E-state index contributed by atoms with van der Waals surface area (Å²) in [7, 11) is 0. The number of benzene rings is 1. The van der Waals surface area contributed by atoms with Crippen molar-refractivity contribution in [3.05, 3.63) is 40.4 Å². The van der Waals surface area contributed by atoms with Crippen molar-refractivity contribution in [1.29, 1.82) is 0 Å². The highest BCUT2D eigenvalue weighted by molar-refractivity contribution is 5.91. The summed E-state index contributed by atoms with van der Waals surface area (Å²) >= 11 is 0. The van der Waals surface area contributed by atoms with Gasteiger partial charge in [-0.25, -0.2) is 0 Å². The van der Waals surface area contributed by atoms with Crippen LogP contribution in [0, 0.1) is 6.92 Å². The van der Waals surface area contributed by atoms with Crippen LogP contribution in [0.3, 0.4) is 0 Å². The van der Waals surface area contributed by atoms with Gasteiger partial charge in [-0.05, 0) is 24.1 Å². The molecule has 2 rings (SSSR count). The van der Waals surface area contributed by atoms with Crippen molar-refractivity contribution >= 4 is 16.6 Å². The van der Waals surface area contributed by atoms with E-state index in [2.05, 4.69) is 15.0 Å². The lowest BCUT2D eigenvalue weighted by atomic mass is 10.1. The van der Waals surface area contributed by atoms with Crippen LogP contribution in [0.1, 0.15) is 5.56 Å². The second-order valence-corrected chi connectivity index (χ2v) is 2.86. The molecular formula is C9H8N4. The molecule has 1 N–H and O–H groups in total. The van der Waals surface area contributed by atoms with Crippen LogP contribution in [-0.2, 0) is 0 Å². The standard InChI is InChI=1S/C9H8N4/c1-6-2-3-8(12-13-10)9-7(6)4-5-11-9/h2-5,11H,1H3. The van der Waals surface area contributed by atoms with Gasteiger partial charge in [0.25, 0.3) is 0 Å². The summed E-state index contributed by atoms with van der Waals surface area (Å²) < 4.78 is 0. The Balaban J connectivity index is 2.85. The topological polar surface area (TPSA) is 64.6 Å². The third-order valence-electron chi connectivity index (χ3n) is 2.07.